The second-order valence-electron chi connectivity index (χ2n) is 12.6. The Balaban J connectivity index is 1.24. The maximum atomic E-state index is 14.8. The lowest BCUT2D eigenvalue weighted by Gasteiger charge is -2.30. The highest BCUT2D eigenvalue weighted by atomic mass is 19.1. The van der Waals surface area contributed by atoms with E-state index in [-0.39, 0.29) is 23.7 Å². The molecular formula is C35H34F2N10O3. The number of rotatable bonds is 4. The number of ether oxygens (including phenoxy) is 2. The number of benzene rings is 2. The second-order valence-corrected chi connectivity index (χ2v) is 12.6. The van der Waals surface area contributed by atoms with Crippen molar-refractivity contribution in [2.75, 3.05) is 44.6 Å². The maximum Gasteiger partial charge on any atom is 0.245 e. The summed E-state index contributed by atoms with van der Waals surface area (Å²) < 4.78 is 43.7. The Kier molecular flexibility index (Phi) is 7.78. The number of anilines is 2. The lowest BCUT2D eigenvalue weighted by Crippen LogP contribution is -2.47. The molecule has 1 N–H and O–H groups in total. The lowest BCUT2D eigenvalue weighted by atomic mass is 10.1. The summed E-state index contributed by atoms with van der Waals surface area (Å²) in [6.07, 6.45) is 2.97. The van der Waals surface area contributed by atoms with Crippen LogP contribution in [0.15, 0.2) is 61.1 Å². The average molecular weight is 681 g/mol. The van der Waals surface area contributed by atoms with E-state index in [0.717, 1.165) is 34.6 Å². The molecule has 0 radical (unpaired) electrons. The first kappa shape index (κ1) is 31.6. The summed E-state index contributed by atoms with van der Waals surface area (Å²) in [5, 5.41) is 8.47. The number of likely N-dealkylation sites (N-methyl/N-ethyl adjacent to an activating group) is 1. The van der Waals surface area contributed by atoms with Crippen molar-refractivity contribution in [1.29, 1.82) is 0 Å². The van der Waals surface area contributed by atoms with Crippen LogP contribution in [0.5, 0.6) is 5.75 Å². The molecule has 2 aromatic carbocycles. The highest BCUT2D eigenvalue weighted by Gasteiger charge is 2.41. The predicted octanol–water partition coefficient (Wildman–Crippen LogP) is 4.37. The summed E-state index contributed by atoms with van der Waals surface area (Å²) in [6.45, 7) is 3.11. The molecule has 6 heterocycles. The molecule has 0 saturated carbocycles. The number of aryl methyl sites for hydroxylation is 1. The van der Waals surface area contributed by atoms with Gasteiger partial charge in [0.15, 0.2) is 11.5 Å². The Labute approximate surface area is 285 Å². The van der Waals surface area contributed by atoms with Crippen molar-refractivity contribution in [1.82, 2.24) is 39.2 Å². The van der Waals surface area contributed by atoms with Gasteiger partial charge in [-0.3, -0.25) is 4.79 Å². The van der Waals surface area contributed by atoms with Crippen molar-refractivity contribution in [2.24, 2.45) is 0 Å². The van der Waals surface area contributed by atoms with Gasteiger partial charge in [0, 0.05) is 57.1 Å². The molecule has 0 unspecified atom stereocenters. The van der Waals surface area contributed by atoms with E-state index in [1.54, 1.807) is 26.2 Å². The van der Waals surface area contributed by atoms with E-state index in [1.807, 2.05) is 42.2 Å². The SMILES string of the molecule is COc1cc2nc(c1)-c1cccc3nc(C)n(c13)C[C@@H](OC)CN(C)C(=O)[C@@H]1C[C@@H](CN1c1ncnc3c1cnn3-c1ccc(F)cc1F)N2. The topological polar surface area (TPSA) is 128 Å². The number of hydrogen-bond acceptors (Lipinski definition) is 10. The fraction of sp³-hybridized carbons (Fsp3) is 0.314. The number of nitrogens with zero attached hydrogens (tertiary/aromatic N) is 9. The van der Waals surface area contributed by atoms with Crippen molar-refractivity contribution >= 4 is 39.6 Å². The number of methoxy groups -OCH3 is 2. The van der Waals surface area contributed by atoms with Crippen molar-refractivity contribution in [3.05, 3.63) is 78.5 Å². The van der Waals surface area contributed by atoms with E-state index in [1.165, 1.54) is 23.3 Å². The van der Waals surface area contributed by atoms with Crippen LogP contribution in [-0.4, -0.2) is 97.6 Å². The molecule has 1 fully saturated rings. The number of carbonyl (C=O) groups is 1. The van der Waals surface area contributed by atoms with E-state index in [2.05, 4.69) is 25.0 Å². The number of hydrogen-bond donors (Lipinski definition) is 1. The van der Waals surface area contributed by atoms with Crippen LogP contribution in [0.25, 0.3) is 39.0 Å². The highest BCUT2D eigenvalue weighted by Crippen LogP contribution is 2.36. The molecule has 0 aliphatic carbocycles. The highest BCUT2D eigenvalue weighted by molar-refractivity contribution is 5.94. The minimum Gasteiger partial charge on any atom is -0.497 e. The number of nitrogens with one attached hydrogen (secondary N) is 1. The van der Waals surface area contributed by atoms with Gasteiger partial charge in [-0.15, -0.1) is 0 Å². The molecular weight excluding hydrogens is 646 g/mol. The maximum absolute atomic E-state index is 14.8. The number of imidazole rings is 1. The molecule has 0 spiro atoms. The number of aromatic nitrogens is 7. The van der Waals surface area contributed by atoms with Crippen LogP contribution in [0.1, 0.15) is 12.2 Å². The third kappa shape index (κ3) is 5.33. The molecule has 1 saturated heterocycles. The fourth-order valence-corrected chi connectivity index (χ4v) is 7.14. The number of halogens is 2. The average Bonchev–Trinajstić information content (AvgIpc) is 3.82. The summed E-state index contributed by atoms with van der Waals surface area (Å²) in [7, 11) is 5.03. The zero-order chi connectivity index (χ0) is 34.7. The number of para-hydroxylation sites is 1. The van der Waals surface area contributed by atoms with E-state index in [0.29, 0.717) is 60.2 Å². The molecule has 13 nitrogen and oxygen atoms in total. The predicted molar refractivity (Wildman–Crippen MR) is 182 cm³/mol. The quantitative estimate of drug-likeness (QED) is 0.287. The number of fused-ring (bicyclic) bond motifs is 6. The van der Waals surface area contributed by atoms with Crippen molar-refractivity contribution in [3.8, 4) is 22.7 Å². The molecule has 2 aliphatic rings. The Bertz CT molecular complexity index is 2270. The van der Waals surface area contributed by atoms with Crippen LogP contribution in [0.2, 0.25) is 0 Å². The van der Waals surface area contributed by atoms with Crippen LogP contribution in [0, 0.1) is 18.6 Å². The Morgan fingerprint density at radius 2 is 1.86 bits per heavy atom. The standard InChI is InChI=1S/C35H34F2N10O3/c1-19-41-27-7-5-6-24-28-12-22(49-3)13-31(43-28)42-21-11-30(35(48)44(2)16-23(50-4)17-45(19)32(24)27)46(15-21)33-25-14-40-47(34(25)39-18-38-33)29-9-8-20(36)10-26(29)37/h5-10,12-14,18,21,23,30H,11,15-17H2,1-4H3,(H,42,43)/t21-,23-,30-/m0/s1. The monoisotopic (exact) mass is 680 g/mol. The van der Waals surface area contributed by atoms with Crippen molar-refractivity contribution < 1.29 is 23.0 Å². The lowest BCUT2D eigenvalue weighted by molar-refractivity contribution is -0.132. The number of pyridine rings is 1. The zero-order valence-corrected chi connectivity index (χ0v) is 27.8. The van der Waals surface area contributed by atoms with Crippen LogP contribution in [-0.2, 0) is 16.1 Å². The zero-order valence-electron chi connectivity index (χ0n) is 27.8. The van der Waals surface area contributed by atoms with Crippen molar-refractivity contribution in [2.45, 2.75) is 38.1 Å². The molecule has 4 bridgehead atoms. The van der Waals surface area contributed by atoms with Crippen LogP contribution in [0.4, 0.5) is 20.4 Å². The van der Waals surface area contributed by atoms with E-state index >= 15 is 0 Å². The molecule has 2 aliphatic heterocycles. The van der Waals surface area contributed by atoms with Gasteiger partial charge in [-0.05, 0) is 31.5 Å². The van der Waals surface area contributed by atoms with Gasteiger partial charge >= 0.3 is 0 Å². The first-order chi connectivity index (χ1) is 24.2. The number of amides is 1. The molecule has 6 aromatic rings. The third-order valence-corrected chi connectivity index (χ3v) is 9.53. The Hall–Kier alpha value is -5.70. The van der Waals surface area contributed by atoms with Gasteiger partial charge in [-0.2, -0.15) is 5.10 Å². The first-order valence-electron chi connectivity index (χ1n) is 16.2. The van der Waals surface area contributed by atoms with E-state index in [4.69, 9.17) is 19.4 Å². The summed E-state index contributed by atoms with van der Waals surface area (Å²) in [6, 6.07) is 12.1. The summed E-state index contributed by atoms with van der Waals surface area (Å²) in [5.74, 6) is 0.884. The second kappa shape index (κ2) is 12.3. The van der Waals surface area contributed by atoms with E-state index in [9.17, 15) is 13.6 Å². The Morgan fingerprint density at radius 3 is 2.66 bits per heavy atom. The van der Waals surface area contributed by atoms with Gasteiger partial charge in [0.05, 0.1) is 48.1 Å². The minimum atomic E-state index is -0.782. The largest absolute Gasteiger partial charge is 0.497 e. The first-order valence-corrected chi connectivity index (χ1v) is 16.2. The molecule has 256 valence electrons. The summed E-state index contributed by atoms with van der Waals surface area (Å²) >= 11 is 0. The smallest absolute Gasteiger partial charge is 0.245 e. The van der Waals surface area contributed by atoms with Crippen LogP contribution >= 0.6 is 0 Å². The molecule has 1 amide bonds. The molecule has 50 heavy (non-hydrogen) atoms. The van der Waals surface area contributed by atoms with Gasteiger partial charge in [0.25, 0.3) is 0 Å². The number of carbonyl (C=O) groups excluding carboxylic acids is 1. The van der Waals surface area contributed by atoms with Crippen LogP contribution in [0.3, 0.4) is 0 Å². The van der Waals surface area contributed by atoms with E-state index < -0.39 is 17.7 Å². The van der Waals surface area contributed by atoms with Crippen LogP contribution < -0.4 is 15.0 Å². The van der Waals surface area contributed by atoms with Gasteiger partial charge in [-0.1, -0.05) is 12.1 Å². The molecule has 4 aromatic heterocycles. The Morgan fingerprint density at radius 1 is 1.00 bits per heavy atom. The molecule has 8 rings (SSSR count). The molecule has 3 atom stereocenters. The minimum absolute atomic E-state index is 0.0401. The van der Waals surface area contributed by atoms with Gasteiger partial charge in [0.2, 0.25) is 5.91 Å². The van der Waals surface area contributed by atoms with Crippen molar-refractivity contribution in [3.63, 3.8) is 0 Å². The van der Waals surface area contributed by atoms with Gasteiger partial charge in [0.1, 0.15) is 47.1 Å². The van der Waals surface area contributed by atoms with Gasteiger partial charge in [-0.25, -0.2) is 33.4 Å². The fourth-order valence-electron chi connectivity index (χ4n) is 7.14. The third-order valence-electron chi connectivity index (χ3n) is 9.53. The molecule has 15 heteroatoms. The van der Waals surface area contributed by atoms with Gasteiger partial charge < -0.3 is 29.2 Å². The normalized spacial score (nSPS) is 19.5. The summed E-state index contributed by atoms with van der Waals surface area (Å²) in [4.78, 5) is 36.9. The summed E-state index contributed by atoms with van der Waals surface area (Å²) in [5.41, 5.74) is 3.71.